The monoisotopic (exact) mass is 308 g/mol. The van der Waals surface area contributed by atoms with Crippen molar-refractivity contribution in [2.45, 2.75) is 40.3 Å². The van der Waals surface area contributed by atoms with Crippen LogP contribution in [-0.4, -0.2) is 22.7 Å². The number of aromatic nitrogens is 1. The lowest BCUT2D eigenvalue weighted by Crippen LogP contribution is -2.41. The predicted molar refractivity (Wildman–Crippen MR) is 86.1 cm³/mol. The second-order valence-electron chi connectivity index (χ2n) is 6.40. The third-order valence-electron chi connectivity index (χ3n) is 3.60. The molecule has 0 aromatic carbocycles. The molecule has 0 amide bonds. The Morgan fingerprint density at radius 2 is 2.19 bits per heavy atom. The summed E-state index contributed by atoms with van der Waals surface area (Å²) in [5, 5.41) is 16.5. The van der Waals surface area contributed by atoms with Crippen LogP contribution in [0.25, 0.3) is 10.8 Å². The molecule has 2 heterocycles. The minimum absolute atomic E-state index is 0.159. The first-order chi connectivity index (χ1) is 9.90. The van der Waals surface area contributed by atoms with Gasteiger partial charge in [-0.1, -0.05) is 27.7 Å². The van der Waals surface area contributed by atoms with E-state index >= 15 is 0 Å². The fraction of sp³-hybridized carbons (Fsp3) is 0.562. The van der Waals surface area contributed by atoms with Crippen LogP contribution in [-0.2, 0) is 6.54 Å². The van der Waals surface area contributed by atoms with Gasteiger partial charge >= 0.3 is 0 Å². The zero-order valence-electron chi connectivity index (χ0n) is 13.1. The number of furan rings is 1. The van der Waals surface area contributed by atoms with Crippen molar-refractivity contribution in [1.82, 2.24) is 10.3 Å². The van der Waals surface area contributed by atoms with Crippen LogP contribution in [0.15, 0.2) is 28.2 Å². The molecule has 1 atom stereocenters. The first kappa shape index (κ1) is 16.2. The van der Waals surface area contributed by atoms with Crippen molar-refractivity contribution in [2.24, 2.45) is 11.3 Å². The van der Waals surface area contributed by atoms with Gasteiger partial charge in [-0.3, -0.25) is 0 Å². The SMILES string of the molecule is CC(C)C(O)C(C)(C)CNCc1csc(-c2ccco2)n1. The summed E-state index contributed by atoms with van der Waals surface area (Å²) in [5.41, 5.74) is 0.842. The number of nitrogens with zero attached hydrogens (tertiary/aromatic N) is 1. The third-order valence-corrected chi connectivity index (χ3v) is 4.51. The van der Waals surface area contributed by atoms with E-state index in [1.54, 1.807) is 17.6 Å². The van der Waals surface area contributed by atoms with Crippen LogP contribution in [0.5, 0.6) is 0 Å². The van der Waals surface area contributed by atoms with Crippen LogP contribution >= 0.6 is 11.3 Å². The van der Waals surface area contributed by atoms with E-state index in [2.05, 4.69) is 24.1 Å². The van der Waals surface area contributed by atoms with E-state index in [4.69, 9.17) is 4.42 Å². The normalized spacial score (nSPS) is 13.8. The summed E-state index contributed by atoms with van der Waals surface area (Å²) in [6.45, 7) is 9.70. The van der Waals surface area contributed by atoms with Gasteiger partial charge in [0.05, 0.1) is 18.1 Å². The molecule has 0 aliphatic heterocycles. The molecule has 1 unspecified atom stereocenters. The molecule has 0 bridgehead atoms. The molecule has 0 aliphatic carbocycles. The summed E-state index contributed by atoms with van der Waals surface area (Å²) in [4.78, 5) is 4.55. The highest BCUT2D eigenvalue weighted by atomic mass is 32.1. The van der Waals surface area contributed by atoms with Crippen LogP contribution in [0.1, 0.15) is 33.4 Å². The van der Waals surface area contributed by atoms with Crippen LogP contribution in [0.3, 0.4) is 0 Å². The smallest absolute Gasteiger partial charge is 0.162 e. The Labute approximate surface area is 130 Å². The zero-order valence-corrected chi connectivity index (χ0v) is 13.9. The molecule has 0 saturated heterocycles. The van der Waals surface area contributed by atoms with Gasteiger partial charge in [-0.25, -0.2) is 4.98 Å². The van der Waals surface area contributed by atoms with Gasteiger partial charge in [-0.05, 0) is 18.1 Å². The van der Waals surface area contributed by atoms with Crippen molar-refractivity contribution in [2.75, 3.05) is 6.54 Å². The van der Waals surface area contributed by atoms with Crippen molar-refractivity contribution in [3.63, 3.8) is 0 Å². The van der Waals surface area contributed by atoms with Crippen molar-refractivity contribution in [1.29, 1.82) is 0 Å². The summed E-state index contributed by atoms with van der Waals surface area (Å²) in [7, 11) is 0. The molecule has 0 radical (unpaired) electrons. The molecule has 0 fully saturated rings. The van der Waals surface area contributed by atoms with E-state index in [1.807, 2.05) is 31.4 Å². The van der Waals surface area contributed by atoms with Gasteiger partial charge in [0, 0.05) is 23.9 Å². The van der Waals surface area contributed by atoms with E-state index in [0.717, 1.165) is 23.0 Å². The number of hydrogen-bond donors (Lipinski definition) is 2. The topological polar surface area (TPSA) is 58.3 Å². The molecule has 116 valence electrons. The van der Waals surface area contributed by atoms with Crippen molar-refractivity contribution in [3.8, 4) is 10.8 Å². The number of rotatable bonds is 7. The van der Waals surface area contributed by atoms with Gasteiger partial charge in [-0.15, -0.1) is 11.3 Å². The molecule has 0 spiro atoms. The number of thiazole rings is 1. The first-order valence-electron chi connectivity index (χ1n) is 7.27. The molecule has 2 aromatic rings. The van der Waals surface area contributed by atoms with E-state index in [1.165, 1.54) is 0 Å². The highest BCUT2D eigenvalue weighted by Gasteiger charge is 2.29. The van der Waals surface area contributed by atoms with Crippen molar-refractivity contribution >= 4 is 11.3 Å². The number of aliphatic hydroxyl groups is 1. The zero-order chi connectivity index (χ0) is 15.5. The Kier molecular flexibility index (Phi) is 5.19. The first-order valence-corrected chi connectivity index (χ1v) is 8.15. The molecule has 4 nitrogen and oxygen atoms in total. The summed E-state index contributed by atoms with van der Waals surface area (Å²) in [6.07, 6.45) is 1.34. The lowest BCUT2D eigenvalue weighted by molar-refractivity contribution is 0.0134. The van der Waals surface area contributed by atoms with Crippen LogP contribution < -0.4 is 5.32 Å². The molecule has 2 N–H and O–H groups in total. The second-order valence-corrected chi connectivity index (χ2v) is 7.26. The Morgan fingerprint density at radius 3 is 2.81 bits per heavy atom. The lowest BCUT2D eigenvalue weighted by atomic mass is 9.81. The summed E-state index contributed by atoms with van der Waals surface area (Å²) in [5.74, 6) is 1.06. The maximum Gasteiger partial charge on any atom is 0.162 e. The highest BCUT2D eigenvalue weighted by Crippen LogP contribution is 2.26. The van der Waals surface area contributed by atoms with Gasteiger partial charge in [0.15, 0.2) is 10.8 Å². The maximum atomic E-state index is 10.2. The van der Waals surface area contributed by atoms with E-state index in [9.17, 15) is 5.11 Å². The van der Waals surface area contributed by atoms with E-state index < -0.39 is 0 Å². The van der Waals surface area contributed by atoms with Crippen LogP contribution in [0, 0.1) is 11.3 Å². The predicted octanol–water partition coefficient (Wildman–Crippen LogP) is 3.54. The minimum atomic E-state index is -0.320. The molecule has 0 aliphatic rings. The molecule has 5 heteroatoms. The number of hydrogen-bond acceptors (Lipinski definition) is 5. The van der Waals surface area contributed by atoms with Gasteiger partial charge in [-0.2, -0.15) is 0 Å². The summed E-state index contributed by atoms with van der Waals surface area (Å²) < 4.78 is 5.34. The van der Waals surface area contributed by atoms with Gasteiger partial charge < -0.3 is 14.8 Å². The molecule has 0 saturated carbocycles. The molecule has 21 heavy (non-hydrogen) atoms. The average molecular weight is 308 g/mol. The average Bonchev–Trinajstić information content (AvgIpc) is 3.07. The van der Waals surface area contributed by atoms with Crippen molar-refractivity contribution in [3.05, 3.63) is 29.5 Å². The number of aliphatic hydroxyl groups excluding tert-OH is 1. The standard InChI is InChI=1S/C16H24N2O2S/c1-11(2)14(19)16(3,4)10-17-8-12-9-21-15(18-12)13-6-5-7-20-13/h5-7,9,11,14,17,19H,8,10H2,1-4H3. The minimum Gasteiger partial charge on any atom is -0.462 e. The van der Waals surface area contributed by atoms with Gasteiger partial charge in [0.25, 0.3) is 0 Å². The third kappa shape index (κ3) is 4.15. The lowest BCUT2D eigenvalue weighted by Gasteiger charge is -2.33. The second kappa shape index (κ2) is 6.73. The Hall–Kier alpha value is -1.17. The largest absolute Gasteiger partial charge is 0.462 e. The highest BCUT2D eigenvalue weighted by molar-refractivity contribution is 7.13. The fourth-order valence-corrected chi connectivity index (χ4v) is 3.21. The fourth-order valence-electron chi connectivity index (χ4n) is 2.42. The number of nitrogens with one attached hydrogen (secondary N) is 1. The van der Waals surface area contributed by atoms with Crippen LogP contribution in [0.4, 0.5) is 0 Å². The Morgan fingerprint density at radius 1 is 1.43 bits per heavy atom. The Balaban J connectivity index is 1.87. The van der Waals surface area contributed by atoms with E-state index in [0.29, 0.717) is 6.54 Å². The molecular formula is C16H24N2O2S. The summed E-state index contributed by atoms with van der Waals surface area (Å²) >= 11 is 1.58. The van der Waals surface area contributed by atoms with Crippen molar-refractivity contribution < 1.29 is 9.52 Å². The quantitative estimate of drug-likeness (QED) is 0.821. The molecule has 2 rings (SSSR count). The van der Waals surface area contributed by atoms with Gasteiger partial charge in [0.1, 0.15) is 0 Å². The molecule has 2 aromatic heterocycles. The summed E-state index contributed by atoms with van der Waals surface area (Å²) in [6, 6.07) is 3.78. The van der Waals surface area contributed by atoms with Gasteiger partial charge in [0.2, 0.25) is 0 Å². The van der Waals surface area contributed by atoms with Crippen LogP contribution in [0.2, 0.25) is 0 Å². The Bertz CT molecular complexity index is 546. The maximum absolute atomic E-state index is 10.2. The molecular weight excluding hydrogens is 284 g/mol. The van der Waals surface area contributed by atoms with E-state index in [-0.39, 0.29) is 17.4 Å².